The molecule has 0 saturated heterocycles. The van der Waals surface area contributed by atoms with E-state index in [1.165, 1.54) is 12.1 Å². The second kappa shape index (κ2) is 5.62. The van der Waals surface area contributed by atoms with Gasteiger partial charge in [-0.1, -0.05) is 20.8 Å². The van der Waals surface area contributed by atoms with E-state index in [1.807, 2.05) is 13.8 Å². The first-order chi connectivity index (χ1) is 9.04. The third-order valence-corrected chi connectivity index (χ3v) is 2.65. The predicted octanol–water partition coefficient (Wildman–Crippen LogP) is 2.90. The second-order valence-corrected chi connectivity index (χ2v) is 6.71. The summed E-state index contributed by atoms with van der Waals surface area (Å²) >= 11 is 0. The Labute approximate surface area is 119 Å². The van der Waals surface area contributed by atoms with Crippen molar-refractivity contribution in [3.63, 3.8) is 0 Å². The van der Waals surface area contributed by atoms with Crippen molar-refractivity contribution < 1.29 is 4.92 Å². The summed E-state index contributed by atoms with van der Waals surface area (Å²) in [6.07, 6.45) is 0.832. The fourth-order valence-electron chi connectivity index (χ4n) is 2.46. The van der Waals surface area contributed by atoms with Crippen LogP contribution in [0.25, 0.3) is 0 Å². The van der Waals surface area contributed by atoms with Crippen LogP contribution in [0.4, 0.5) is 17.3 Å². The Bertz CT molecular complexity index is 494. The lowest BCUT2D eigenvalue weighted by Gasteiger charge is -2.33. The summed E-state index contributed by atoms with van der Waals surface area (Å²) in [5, 5.41) is 14.2. The molecule has 0 unspecified atom stereocenters. The number of nitrogen functional groups attached to an aromatic ring is 1. The zero-order valence-electron chi connectivity index (χ0n) is 12.7. The van der Waals surface area contributed by atoms with Gasteiger partial charge in [-0.15, -0.1) is 0 Å². The van der Waals surface area contributed by atoms with Crippen LogP contribution >= 0.6 is 0 Å². The number of aromatic nitrogens is 1. The molecule has 0 fully saturated rings. The second-order valence-electron chi connectivity index (χ2n) is 6.71. The number of rotatable bonds is 5. The number of nitro groups is 1. The number of hydrogen-bond donors (Lipinski definition) is 3. The van der Waals surface area contributed by atoms with Crippen LogP contribution in [0.15, 0.2) is 12.1 Å². The van der Waals surface area contributed by atoms with Crippen molar-refractivity contribution in [3.05, 3.63) is 22.2 Å². The van der Waals surface area contributed by atoms with Gasteiger partial charge in [0.05, 0.1) is 4.92 Å². The molecule has 7 nitrogen and oxygen atoms in total. The number of hydrazine groups is 1. The molecule has 0 spiro atoms. The maximum atomic E-state index is 11.1. The predicted molar refractivity (Wildman–Crippen MR) is 80.5 cm³/mol. The highest BCUT2D eigenvalue weighted by molar-refractivity contribution is 5.61. The number of pyridine rings is 1. The summed E-state index contributed by atoms with van der Waals surface area (Å²) in [6, 6.07) is 2.86. The minimum absolute atomic E-state index is 0.0639. The third-order valence-electron chi connectivity index (χ3n) is 2.65. The summed E-state index contributed by atoms with van der Waals surface area (Å²) in [4.78, 5) is 14.7. The van der Waals surface area contributed by atoms with Crippen molar-refractivity contribution in [3.8, 4) is 0 Å². The molecule has 0 aliphatic carbocycles. The van der Waals surface area contributed by atoms with Crippen molar-refractivity contribution >= 4 is 17.3 Å². The molecule has 1 aromatic rings. The molecule has 7 heteroatoms. The van der Waals surface area contributed by atoms with E-state index < -0.39 is 4.92 Å². The summed E-state index contributed by atoms with van der Waals surface area (Å²) in [5.41, 5.74) is 2.09. The third kappa shape index (κ3) is 4.65. The van der Waals surface area contributed by atoms with Gasteiger partial charge in [-0.3, -0.25) is 10.1 Å². The summed E-state index contributed by atoms with van der Waals surface area (Å²) in [5.74, 6) is 5.90. The largest absolute Gasteiger partial charge is 0.359 e. The van der Waals surface area contributed by atoms with Crippen molar-refractivity contribution in [2.24, 2.45) is 11.3 Å². The number of nitrogens with one attached hydrogen (secondary N) is 2. The fraction of sp³-hybridized carbons (Fsp3) is 0.615. The van der Waals surface area contributed by atoms with Gasteiger partial charge in [-0.2, -0.15) is 0 Å². The number of hydrogen-bond acceptors (Lipinski definition) is 6. The van der Waals surface area contributed by atoms with Crippen LogP contribution in [-0.4, -0.2) is 15.4 Å². The quantitative estimate of drug-likeness (QED) is 0.435. The van der Waals surface area contributed by atoms with E-state index in [-0.39, 0.29) is 22.5 Å². The molecule has 0 aromatic carbocycles. The van der Waals surface area contributed by atoms with E-state index in [4.69, 9.17) is 5.84 Å². The molecule has 1 heterocycles. The van der Waals surface area contributed by atoms with Gasteiger partial charge < -0.3 is 10.7 Å². The highest BCUT2D eigenvalue weighted by Crippen LogP contribution is 2.32. The molecule has 0 aliphatic rings. The molecule has 1 rings (SSSR count). The van der Waals surface area contributed by atoms with Crippen LogP contribution in [0.5, 0.6) is 0 Å². The SMILES string of the molecule is CC(C)(C)CC(C)(C)Nc1nc(NN)ccc1[N+](=O)[O-]. The highest BCUT2D eigenvalue weighted by atomic mass is 16.6. The van der Waals surface area contributed by atoms with Gasteiger partial charge in [0.15, 0.2) is 0 Å². The van der Waals surface area contributed by atoms with Crippen LogP contribution in [0.1, 0.15) is 41.0 Å². The first-order valence-corrected chi connectivity index (χ1v) is 6.44. The van der Waals surface area contributed by atoms with Crippen molar-refractivity contribution in [1.29, 1.82) is 0 Å². The monoisotopic (exact) mass is 281 g/mol. The molecule has 0 radical (unpaired) electrons. The first-order valence-electron chi connectivity index (χ1n) is 6.44. The maximum absolute atomic E-state index is 11.1. The summed E-state index contributed by atoms with van der Waals surface area (Å²) < 4.78 is 0. The van der Waals surface area contributed by atoms with Gasteiger partial charge in [0.25, 0.3) is 0 Å². The van der Waals surface area contributed by atoms with Crippen LogP contribution in [-0.2, 0) is 0 Å². The van der Waals surface area contributed by atoms with Gasteiger partial charge in [0.1, 0.15) is 5.82 Å². The molecule has 0 amide bonds. The lowest BCUT2D eigenvalue weighted by atomic mass is 9.82. The lowest BCUT2D eigenvalue weighted by Crippen LogP contribution is -2.36. The minimum atomic E-state index is -0.456. The number of nitrogens with zero attached hydrogens (tertiary/aromatic N) is 2. The van der Waals surface area contributed by atoms with E-state index in [9.17, 15) is 10.1 Å². The topological polar surface area (TPSA) is 106 Å². The van der Waals surface area contributed by atoms with Gasteiger partial charge in [-0.05, 0) is 31.7 Å². The van der Waals surface area contributed by atoms with E-state index >= 15 is 0 Å². The zero-order chi connectivity index (χ0) is 15.6. The van der Waals surface area contributed by atoms with Crippen molar-refractivity contribution in [2.45, 2.75) is 46.6 Å². The fourth-order valence-corrected chi connectivity index (χ4v) is 2.46. The Hall–Kier alpha value is -1.89. The highest BCUT2D eigenvalue weighted by Gasteiger charge is 2.28. The molecule has 0 aliphatic heterocycles. The first kappa shape index (κ1) is 16.2. The van der Waals surface area contributed by atoms with Crippen LogP contribution in [0.2, 0.25) is 0 Å². The van der Waals surface area contributed by atoms with E-state index in [2.05, 4.69) is 36.5 Å². The normalized spacial score (nSPS) is 12.1. The smallest absolute Gasteiger partial charge is 0.311 e. The molecule has 20 heavy (non-hydrogen) atoms. The Morgan fingerprint density at radius 3 is 2.35 bits per heavy atom. The average molecular weight is 281 g/mol. The van der Waals surface area contributed by atoms with Crippen LogP contribution in [0, 0.1) is 15.5 Å². The molecule has 4 N–H and O–H groups in total. The molecular weight excluding hydrogens is 258 g/mol. The zero-order valence-corrected chi connectivity index (χ0v) is 12.7. The van der Waals surface area contributed by atoms with E-state index in [1.54, 1.807) is 0 Å². The van der Waals surface area contributed by atoms with Gasteiger partial charge in [0, 0.05) is 11.6 Å². The Balaban J connectivity index is 3.08. The van der Waals surface area contributed by atoms with E-state index in [0.717, 1.165) is 6.42 Å². The molecule has 0 atom stereocenters. The van der Waals surface area contributed by atoms with Crippen molar-refractivity contribution in [1.82, 2.24) is 4.98 Å². The standard InChI is InChI=1S/C13H23N5O2/c1-12(2,3)8-13(4,5)16-11-9(18(19)20)6-7-10(15-11)17-14/h6-7H,8,14H2,1-5H3,(H2,15,16,17). The molecule has 0 bridgehead atoms. The van der Waals surface area contributed by atoms with Crippen LogP contribution < -0.4 is 16.6 Å². The molecule has 112 valence electrons. The Kier molecular flexibility index (Phi) is 4.54. The maximum Gasteiger partial charge on any atom is 0.311 e. The molecule has 1 aromatic heterocycles. The molecule has 0 saturated carbocycles. The van der Waals surface area contributed by atoms with Crippen LogP contribution in [0.3, 0.4) is 0 Å². The van der Waals surface area contributed by atoms with E-state index in [0.29, 0.717) is 5.82 Å². The number of anilines is 2. The van der Waals surface area contributed by atoms with Gasteiger partial charge >= 0.3 is 5.69 Å². The van der Waals surface area contributed by atoms with Crippen molar-refractivity contribution in [2.75, 3.05) is 10.7 Å². The Morgan fingerprint density at radius 1 is 1.30 bits per heavy atom. The average Bonchev–Trinajstić information content (AvgIpc) is 2.24. The lowest BCUT2D eigenvalue weighted by molar-refractivity contribution is -0.384. The molecular formula is C13H23N5O2. The Morgan fingerprint density at radius 2 is 1.90 bits per heavy atom. The summed E-state index contributed by atoms with van der Waals surface area (Å²) in [7, 11) is 0. The van der Waals surface area contributed by atoms with Gasteiger partial charge in [-0.25, -0.2) is 10.8 Å². The minimum Gasteiger partial charge on any atom is -0.359 e. The number of nitrogens with two attached hydrogens (primary N) is 1. The summed E-state index contributed by atoms with van der Waals surface area (Å²) in [6.45, 7) is 10.3. The van der Waals surface area contributed by atoms with Gasteiger partial charge in [0.2, 0.25) is 5.82 Å².